The summed E-state index contributed by atoms with van der Waals surface area (Å²) in [6.07, 6.45) is 10.1. The van der Waals surface area contributed by atoms with Crippen LogP contribution in [0.15, 0.2) is 0 Å². The standard InChI is InChI=1S/C15H29NO2/c1-12(2)11-14(15(17)18)16-10-6-9-13-7-4-3-5-8-13/h12-14,16H,3-11H2,1-2H3,(H,17,18)/t14-/m0/s1. The molecule has 0 radical (unpaired) electrons. The van der Waals surface area contributed by atoms with Gasteiger partial charge in [0, 0.05) is 0 Å². The Labute approximate surface area is 111 Å². The summed E-state index contributed by atoms with van der Waals surface area (Å²) in [4.78, 5) is 11.1. The smallest absolute Gasteiger partial charge is 0.320 e. The van der Waals surface area contributed by atoms with Crippen LogP contribution in [0.2, 0.25) is 0 Å². The predicted molar refractivity (Wildman–Crippen MR) is 74.7 cm³/mol. The first kappa shape index (κ1) is 15.5. The van der Waals surface area contributed by atoms with Crippen molar-refractivity contribution in [3.63, 3.8) is 0 Å². The molecule has 0 saturated heterocycles. The summed E-state index contributed by atoms with van der Waals surface area (Å²) in [5, 5.41) is 12.3. The van der Waals surface area contributed by atoms with Gasteiger partial charge in [0.15, 0.2) is 0 Å². The maximum absolute atomic E-state index is 11.1. The lowest BCUT2D eigenvalue weighted by Gasteiger charge is -2.22. The first-order valence-corrected chi connectivity index (χ1v) is 7.55. The number of aliphatic carboxylic acids is 1. The Morgan fingerprint density at radius 1 is 1.28 bits per heavy atom. The average molecular weight is 255 g/mol. The van der Waals surface area contributed by atoms with E-state index < -0.39 is 5.97 Å². The van der Waals surface area contributed by atoms with Gasteiger partial charge in [-0.1, -0.05) is 46.0 Å². The molecule has 0 heterocycles. The van der Waals surface area contributed by atoms with Crippen LogP contribution >= 0.6 is 0 Å². The Kier molecular flexibility index (Phi) is 7.33. The molecule has 0 aliphatic heterocycles. The zero-order valence-corrected chi connectivity index (χ0v) is 12.0. The van der Waals surface area contributed by atoms with Crippen LogP contribution in [0.3, 0.4) is 0 Å². The van der Waals surface area contributed by atoms with E-state index in [0.29, 0.717) is 5.92 Å². The molecule has 0 amide bonds. The SMILES string of the molecule is CC(C)C[C@H](NCCCC1CCCCC1)C(=O)O. The van der Waals surface area contributed by atoms with E-state index >= 15 is 0 Å². The van der Waals surface area contributed by atoms with Crippen LogP contribution in [0, 0.1) is 11.8 Å². The molecule has 0 aromatic carbocycles. The second-order valence-corrected chi connectivity index (χ2v) is 6.12. The number of rotatable bonds is 8. The largest absolute Gasteiger partial charge is 0.480 e. The highest BCUT2D eigenvalue weighted by molar-refractivity contribution is 5.73. The zero-order valence-electron chi connectivity index (χ0n) is 12.0. The molecule has 3 heteroatoms. The number of carboxylic acids is 1. The summed E-state index contributed by atoms with van der Waals surface area (Å²) < 4.78 is 0. The van der Waals surface area contributed by atoms with Crippen molar-refractivity contribution in [2.75, 3.05) is 6.54 Å². The second kappa shape index (κ2) is 8.52. The van der Waals surface area contributed by atoms with Gasteiger partial charge in [-0.3, -0.25) is 4.79 Å². The van der Waals surface area contributed by atoms with Gasteiger partial charge in [0.1, 0.15) is 6.04 Å². The van der Waals surface area contributed by atoms with Gasteiger partial charge in [-0.25, -0.2) is 0 Å². The molecule has 106 valence electrons. The molecule has 0 unspecified atom stereocenters. The fraction of sp³-hybridized carbons (Fsp3) is 0.933. The van der Waals surface area contributed by atoms with Crippen molar-refractivity contribution >= 4 is 5.97 Å². The van der Waals surface area contributed by atoms with E-state index in [4.69, 9.17) is 5.11 Å². The van der Waals surface area contributed by atoms with Crippen LogP contribution in [0.5, 0.6) is 0 Å². The van der Waals surface area contributed by atoms with Gasteiger partial charge < -0.3 is 10.4 Å². The molecule has 1 saturated carbocycles. The lowest BCUT2D eigenvalue weighted by Crippen LogP contribution is -2.38. The van der Waals surface area contributed by atoms with Gasteiger partial charge in [0.2, 0.25) is 0 Å². The van der Waals surface area contributed by atoms with E-state index in [0.717, 1.165) is 25.3 Å². The molecule has 2 N–H and O–H groups in total. The van der Waals surface area contributed by atoms with Gasteiger partial charge in [-0.05, 0) is 37.6 Å². The second-order valence-electron chi connectivity index (χ2n) is 6.12. The third kappa shape index (κ3) is 6.39. The molecule has 18 heavy (non-hydrogen) atoms. The molecule has 3 nitrogen and oxygen atoms in total. The van der Waals surface area contributed by atoms with Crippen molar-refractivity contribution in [1.82, 2.24) is 5.32 Å². The van der Waals surface area contributed by atoms with E-state index in [1.54, 1.807) is 0 Å². The van der Waals surface area contributed by atoms with Crippen LogP contribution in [0.25, 0.3) is 0 Å². The normalized spacial score (nSPS) is 19.1. The first-order chi connectivity index (χ1) is 8.59. The third-order valence-corrected chi connectivity index (χ3v) is 3.91. The predicted octanol–water partition coefficient (Wildman–Crippen LogP) is 3.44. The maximum Gasteiger partial charge on any atom is 0.320 e. The molecular weight excluding hydrogens is 226 g/mol. The molecule has 1 fully saturated rings. The fourth-order valence-corrected chi connectivity index (χ4v) is 2.89. The summed E-state index contributed by atoms with van der Waals surface area (Å²) in [7, 11) is 0. The Hall–Kier alpha value is -0.570. The van der Waals surface area contributed by atoms with Crippen LogP contribution in [-0.4, -0.2) is 23.7 Å². The molecule has 1 aliphatic rings. The van der Waals surface area contributed by atoms with Gasteiger partial charge in [-0.15, -0.1) is 0 Å². The van der Waals surface area contributed by atoms with Crippen LogP contribution in [-0.2, 0) is 4.79 Å². The molecular formula is C15H29NO2. The minimum atomic E-state index is -0.707. The summed E-state index contributed by atoms with van der Waals surface area (Å²) in [5.74, 6) is 0.618. The molecule has 0 aromatic rings. The lowest BCUT2D eigenvalue weighted by molar-refractivity contribution is -0.139. The van der Waals surface area contributed by atoms with Gasteiger partial charge >= 0.3 is 5.97 Å². The average Bonchev–Trinajstić information content (AvgIpc) is 2.33. The van der Waals surface area contributed by atoms with E-state index in [9.17, 15) is 4.79 Å². The third-order valence-electron chi connectivity index (χ3n) is 3.91. The summed E-state index contributed by atoms with van der Waals surface area (Å²) in [6, 6.07) is -0.364. The Morgan fingerprint density at radius 2 is 1.94 bits per heavy atom. The molecule has 1 aliphatic carbocycles. The van der Waals surface area contributed by atoms with Gasteiger partial charge in [0.25, 0.3) is 0 Å². The maximum atomic E-state index is 11.1. The Bertz CT molecular complexity index is 235. The van der Waals surface area contributed by atoms with Crippen molar-refractivity contribution in [3.8, 4) is 0 Å². The van der Waals surface area contributed by atoms with Crippen molar-refractivity contribution < 1.29 is 9.90 Å². The van der Waals surface area contributed by atoms with Crippen molar-refractivity contribution in [2.45, 2.75) is 71.3 Å². The van der Waals surface area contributed by atoms with E-state index in [1.807, 2.05) is 0 Å². The molecule has 1 rings (SSSR count). The quantitative estimate of drug-likeness (QED) is 0.653. The van der Waals surface area contributed by atoms with Crippen molar-refractivity contribution in [1.29, 1.82) is 0 Å². The minimum Gasteiger partial charge on any atom is -0.480 e. The van der Waals surface area contributed by atoms with Gasteiger partial charge in [-0.2, -0.15) is 0 Å². The number of carboxylic acid groups (broad SMARTS) is 1. The van der Waals surface area contributed by atoms with Crippen LogP contribution in [0.1, 0.15) is 65.2 Å². The van der Waals surface area contributed by atoms with E-state index in [2.05, 4.69) is 19.2 Å². The Balaban J connectivity index is 2.12. The zero-order chi connectivity index (χ0) is 13.4. The highest BCUT2D eigenvalue weighted by Gasteiger charge is 2.18. The molecule has 0 bridgehead atoms. The fourth-order valence-electron chi connectivity index (χ4n) is 2.89. The summed E-state index contributed by atoms with van der Waals surface area (Å²) >= 11 is 0. The van der Waals surface area contributed by atoms with Crippen LogP contribution in [0.4, 0.5) is 0 Å². The topological polar surface area (TPSA) is 49.3 Å². The number of hydrogen-bond acceptors (Lipinski definition) is 2. The summed E-state index contributed by atoms with van der Waals surface area (Å²) in [6.45, 7) is 4.99. The lowest BCUT2D eigenvalue weighted by atomic mass is 9.86. The highest BCUT2D eigenvalue weighted by Crippen LogP contribution is 2.26. The molecule has 0 spiro atoms. The number of nitrogens with one attached hydrogen (secondary N) is 1. The van der Waals surface area contributed by atoms with Gasteiger partial charge in [0.05, 0.1) is 0 Å². The van der Waals surface area contributed by atoms with Crippen molar-refractivity contribution in [3.05, 3.63) is 0 Å². The monoisotopic (exact) mass is 255 g/mol. The van der Waals surface area contributed by atoms with E-state index in [1.165, 1.54) is 38.5 Å². The van der Waals surface area contributed by atoms with Crippen molar-refractivity contribution in [2.24, 2.45) is 11.8 Å². The molecule has 0 aromatic heterocycles. The first-order valence-electron chi connectivity index (χ1n) is 7.55. The molecule has 1 atom stereocenters. The Morgan fingerprint density at radius 3 is 2.50 bits per heavy atom. The highest BCUT2D eigenvalue weighted by atomic mass is 16.4. The number of carbonyl (C=O) groups is 1. The van der Waals surface area contributed by atoms with Crippen LogP contribution < -0.4 is 5.32 Å². The number of hydrogen-bond donors (Lipinski definition) is 2. The summed E-state index contributed by atoms with van der Waals surface area (Å²) in [5.41, 5.74) is 0. The van der Waals surface area contributed by atoms with E-state index in [-0.39, 0.29) is 6.04 Å². The minimum absolute atomic E-state index is 0.364.